The first-order chi connectivity index (χ1) is 16.6. The maximum atomic E-state index is 5.88. The highest BCUT2D eigenvalue weighted by Gasteiger charge is 2.42. The van der Waals surface area contributed by atoms with Crippen LogP contribution in [-0.4, -0.2) is 35.9 Å². The van der Waals surface area contributed by atoms with Crippen molar-refractivity contribution in [2.24, 2.45) is 0 Å². The number of hydrogen-bond donors (Lipinski definition) is 1. The Hall–Kier alpha value is -3.84. The Bertz CT molecular complexity index is 1290. The summed E-state index contributed by atoms with van der Waals surface area (Å²) in [5, 5.41) is 4.22. The molecular weight excluding hydrogens is 442 g/mol. The first kappa shape index (κ1) is 22.0. The summed E-state index contributed by atoms with van der Waals surface area (Å²) >= 11 is 5.88. The molecule has 0 aliphatic carbocycles. The van der Waals surface area contributed by atoms with E-state index in [9.17, 15) is 0 Å². The number of methoxy groups -OCH3 is 1. The molecule has 1 aliphatic heterocycles. The lowest BCUT2D eigenvalue weighted by Crippen LogP contribution is -2.30. The molecule has 5 rings (SSSR count). The van der Waals surface area contributed by atoms with Gasteiger partial charge in [-0.1, -0.05) is 12.1 Å². The summed E-state index contributed by atoms with van der Waals surface area (Å²) in [5.74, 6) is 0.814. The normalized spacial score (nSPS) is 17.5. The van der Waals surface area contributed by atoms with Gasteiger partial charge < -0.3 is 24.4 Å². The lowest BCUT2D eigenvalue weighted by molar-refractivity contribution is 0.414. The van der Waals surface area contributed by atoms with E-state index >= 15 is 0 Å². The Morgan fingerprint density at radius 1 is 0.941 bits per heavy atom. The summed E-state index contributed by atoms with van der Waals surface area (Å²) in [6, 6.07) is 26.5. The molecule has 1 saturated heterocycles. The van der Waals surface area contributed by atoms with E-state index in [1.165, 1.54) is 0 Å². The Kier molecular flexibility index (Phi) is 5.94. The Balaban J connectivity index is 1.64. The van der Waals surface area contributed by atoms with E-state index < -0.39 is 0 Å². The van der Waals surface area contributed by atoms with Crippen molar-refractivity contribution >= 4 is 28.7 Å². The van der Waals surface area contributed by atoms with Gasteiger partial charge in [0.1, 0.15) is 11.8 Å². The van der Waals surface area contributed by atoms with Crippen LogP contribution < -0.4 is 19.9 Å². The van der Waals surface area contributed by atoms with E-state index in [0.29, 0.717) is 5.11 Å². The summed E-state index contributed by atoms with van der Waals surface area (Å²) in [4.78, 5) is 8.95. The number of rotatable bonds is 6. The lowest BCUT2D eigenvalue weighted by Gasteiger charge is -2.29. The highest BCUT2D eigenvalue weighted by atomic mass is 32.1. The second-order valence-corrected chi connectivity index (χ2v) is 8.80. The average Bonchev–Trinajstić information content (AvgIpc) is 3.49. The van der Waals surface area contributed by atoms with E-state index in [4.69, 9.17) is 17.0 Å². The van der Waals surface area contributed by atoms with Gasteiger partial charge in [0, 0.05) is 55.3 Å². The molecule has 0 spiro atoms. The molecule has 34 heavy (non-hydrogen) atoms. The molecule has 1 N–H and O–H groups in total. The summed E-state index contributed by atoms with van der Waals surface area (Å²) in [7, 11) is 5.77. The zero-order valence-electron chi connectivity index (χ0n) is 19.4. The summed E-state index contributed by atoms with van der Waals surface area (Å²) in [6.07, 6.45) is 3.90. The van der Waals surface area contributed by atoms with Crippen molar-refractivity contribution in [3.8, 4) is 11.4 Å². The van der Waals surface area contributed by atoms with Gasteiger partial charge in [0.05, 0.1) is 18.8 Å². The molecule has 0 amide bonds. The maximum Gasteiger partial charge on any atom is 0.174 e. The van der Waals surface area contributed by atoms with Gasteiger partial charge in [-0.25, -0.2) is 0 Å². The van der Waals surface area contributed by atoms with Crippen LogP contribution in [0.4, 0.5) is 11.4 Å². The van der Waals surface area contributed by atoms with Crippen LogP contribution in [0.15, 0.2) is 91.3 Å². The van der Waals surface area contributed by atoms with Crippen molar-refractivity contribution in [3.05, 3.63) is 103 Å². The van der Waals surface area contributed by atoms with Crippen molar-refractivity contribution in [2.75, 3.05) is 31.0 Å². The largest absolute Gasteiger partial charge is 0.497 e. The van der Waals surface area contributed by atoms with E-state index in [1.54, 1.807) is 7.11 Å². The number of aromatic nitrogens is 2. The highest BCUT2D eigenvalue weighted by Crippen LogP contribution is 2.42. The van der Waals surface area contributed by atoms with Gasteiger partial charge in [-0.15, -0.1) is 0 Å². The first-order valence-electron chi connectivity index (χ1n) is 11.2. The second kappa shape index (κ2) is 9.19. The fourth-order valence-electron chi connectivity index (χ4n) is 4.48. The molecule has 2 atom stereocenters. The van der Waals surface area contributed by atoms with Gasteiger partial charge in [0.15, 0.2) is 5.11 Å². The Morgan fingerprint density at radius 2 is 1.76 bits per heavy atom. The van der Waals surface area contributed by atoms with Crippen LogP contribution in [0.3, 0.4) is 0 Å². The number of anilines is 2. The van der Waals surface area contributed by atoms with E-state index in [0.717, 1.165) is 34.2 Å². The number of hydrogen-bond acceptors (Lipinski definition) is 4. The van der Waals surface area contributed by atoms with Crippen LogP contribution in [-0.2, 0) is 0 Å². The van der Waals surface area contributed by atoms with Gasteiger partial charge in [0.25, 0.3) is 0 Å². The molecule has 1 fully saturated rings. The lowest BCUT2D eigenvalue weighted by atomic mass is 10.0. The van der Waals surface area contributed by atoms with Crippen molar-refractivity contribution in [1.82, 2.24) is 14.9 Å². The van der Waals surface area contributed by atoms with Gasteiger partial charge in [0.2, 0.25) is 0 Å². The zero-order valence-corrected chi connectivity index (χ0v) is 20.2. The highest BCUT2D eigenvalue weighted by molar-refractivity contribution is 7.80. The minimum atomic E-state index is -0.110. The zero-order chi connectivity index (χ0) is 23.7. The van der Waals surface area contributed by atoms with Crippen molar-refractivity contribution in [3.63, 3.8) is 0 Å². The number of nitrogens with one attached hydrogen (secondary N) is 1. The third-order valence-corrected chi connectivity index (χ3v) is 6.47. The first-order valence-corrected chi connectivity index (χ1v) is 11.6. The van der Waals surface area contributed by atoms with Crippen LogP contribution in [0.1, 0.15) is 23.5 Å². The fourth-order valence-corrected chi connectivity index (χ4v) is 4.82. The molecule has 7 heteroatoms. The van der Waals surface area contributed by atoms with Gasteiger partial charge >= 0.3 is 0 Å². The third-order valence-electron chi connectivity index (χ3n) is 6.16. The molecule has 0 saturated carbocycles. The molecule has 0 unspecified atom stereocenters. The predicted octanol–water partition coefficient (Wildman–Crippen LogP) is 5.12. The van der Waals surface area contributed by atoms with Crippen LogP contribution in [0.2, 0.25) is 0 Å². The van der Waals surface area contributed by atoms with E-state index in [-0.39, 0.29) is 12.1 Å². The SMILES string of the molecule is COc1cccc(-n2cccc2[C@@H]2[C@@H](c3ccccn3)NC(=S)N2c2ccc(N(C)C)cc2)c1. The smallest absolute Gasteiger partial charge is 0.174 e. The molecule has 3 heterocycles. The topological polar surface area (TPSA) is 45.6 Å². The second-order valence-electron chi connectivity index (χ2n) is 8.41. The molecule has 4 aromatic rings. The summed E-state index contributed by atoms with van der Waals surface area (Å²) in [6.45, 7) is 0. The third kappa shape index (κ3) is 3.99. The van der Waals surface area contributed by atoms with Crippen LogP contribution in [0, 0.1) is 0 Å². The average molecular weight is 470 g/mol. The molecular formula is C27H27N5OS. The fraction of sp³-hybridized carbons (Fsp3) is 0.185. The Labute approximate surface area is 205 Å². The van der Waals surface area contributed by atoms with Crippen molar-refractivity contribution < 1.29 is 4.74 Å². The van der Waals surface area contributed by atoms with Crippen molar-refractivity contribution in [2.45, 2.75) is 12.1 Å². The molecule has 0 bridgehead atoms. The van der Waals surface area contributed by atoms with E-state index in [2.05, 4.69) is 73.3 Å². The molecule has 172 valence electrons. The van der Waals surface area contributed by atoms with Crippen LogP contribution >= 0.6 is 12.2 Å². The summed E-state index contributed by atoms with van der Waals surface area (Å²) < 4.78 is 7.67. The minimum absolute atomic E-state index is 0.103. The molecule has 6 nitrogen and oxygen atoms in total. The standard InChI is InChI=1S/C27H27N5OS/c1-30(2)19-12-14-20(15-13-19)32-26(25(29-27(32)34)23-10-4-5-16-28-23)24-11-7-17-31(24)21-8-6-9-22(18-21)33-3/h4-18,25-26H,1-3H3,(H,29,34)/t25-,26-/m1/s1. The molecule has 2 aromatic heterocycles. The number of benzene rings is 2. The monoisotopic (exact) mass is 469 g/mol. The number of thiocarbonyl (C=S) groups is 1. The number of ether oxygens (including phenoxy) is 1. The van der Waals surface area contributed by atoms with Crippen molar-refractivity contribution in [1.29, 1.82) is 0 Å². The van der Waals surface area contributed by atoms with E-state index in [1.807, 2.05) is 56.7 Å². The molecule has 0 radical (unpaired) electrons. The number of nitrogens with zero attached hydrogens (tertiary/aromatic N) is 4. The van der Waals surface area contributed by atoms with Gasteiger partial charge in [-0.05, 0) is 72.9 Å². The molecule has 1 aliphatic rings. The quantitative estimate of drug-likeness (QED) is 0.395. The minimum Gasteiger partial charge on any atom is -0.497 e. The molecule has 2 aromatic carbocycles. The van der Waals surface area contributed by atoms with Crippen LogP contribution in [0.5, 0.6) is 5.75 Å². The Morgan fingerprint density at radius 3 is 2.47 bits per heavy atom. The number of pyridine rings is 1. The predicted molar refractivity (Wildman–Crippen MR) is 141 cm³/mol. The summed E-state index contributed by atoms with van der Waals surface area (Å²) in [5.41, 5.74) is 5.25. The van der Waals surface area contributed by atoms with Crippen LogP contribution in [0.25, 0.3) is 5.69 Å². The van der Waals surface area contributed by atoms with Gasteiger partial charge in [-0.2, -0.15) is 0 Å². The van der Waals surface area contributed by atoms with Gasteiger partial charge in [-0.3, -0.25) is 4.98 Å². The maximum absolute atomic E-state index is 5.88.